The summed E-state index contributed by atoms with van der Waals surface area (Å²) in [6.45, 7) is 1.20. The third-order valence-electron chi connectivity index (χ3n) is 3.07. The van der Waals surface area contributed by atoms with Crippen molar-refractivity contribution in [1.82, 2.24) is 0 Å². The third-order valence-corrected chi connectivity index (χ3v) is 3.07. The van der Waals surface area contributed by atoms with Gasteiger partial charge in [-0.1, -0.05) is 6.08 Å². The van der Waals surface area contributed by atoms with Gasteiger partial charge in [-0.05, 0) is 30.4 Å². The zero-order valence-corrected chi connectivity index (χ0v) is 9.10. The molecule has 0 amide bonds. The summed E-state index contributed by atoms with van der Waals surface area (Å²) in [4.78, 5) is 0. The van der Waals surface area contributed by atoms with E-state index in [4.69, 9.17) is 13.9 Å². The molecule has 0 spiro atoms. The molecule has 0 atom stereocenters. The second kappa shape index (κ2) is 3.17. The average molecular weight is 226 g/mol. The molecule has 0 bridgehead atoms. The Morgan fingerprint density at radius 2 is 1.71 bits per heavy atom. The fourth-order valence-electron chi connectivity index (χ4n) is 2.34. The predicted octanol–water partition coefficient (Wildman–Crippen LogP) is 3.24. The third kappa shape index (κ3) is 1.16. The molecule has 2 aromatic rings. The summed E-state index contributed by atoms with van der Waals surface area (Å²) in [6.07, 6.45) is 8.13. The number of hydrogen-bond acceptors (Lipinski definition) is 3. The molecule has 0 saturated carbocycles. The van der Waals surface area contributed by atoms with Crippen molar-refractivity contribution in [3.05, 3.63) is 35.4 Å². The Balaban J connectivity index is 2.13. The van der Waals surface area contributed by atoms with Crippen LogP contribution in [0.1, 0.15) is 11.1 Å². The van der Waals surface area contributed by atoms with Gasteiger partial charge in [0.2, 0.25) is 0 Å². The predicted molar refractivity (Wildman–Crippen MR) is 65.3 cm³/mol. The highest BCUT2D eigenvalue weighted by molar-refractivity contribution is 5.98. The van der Waals surface area contributed by atoms with Crippen molar-refractivity contribution in [2.24, 2.45) is 0 Å². The van der Waals surface area contributed by atoms with E-state index in [-0.39, 0.29) is 0 Å². The number of rotatable bonds is 0. The zero-order chi connectivity index (χ0) is 11.2. The SMILES string of the molecule is C1=Cc2c(ccc3oc4c(c23)C=CCO4)OC1. The summed E-state index contributed by atoms with van der Waals surface area (Å²) in [5.74, 6) is 1.51. The molecule has 3 nitrogen and oxygen atoms in total. The number of furan rings is 1. The van der Waals surface area contributed by atoms with Crippen LogP contribution in [0, 0.1) is 0 Å². The first-order valence-corrected chi connectivity index (χ1v) is 5.62. The van der Waals surface area contributed by atoms with Gasteiger partial charge in [-0.25, -0.2) is 0 Å². The minimum atomic E-state index is 0.571. The summed E-state index contributed by atoms with van der Waals surface area (Å²) in [6, 6.07) is 3.88. The van der Waals surface area contributed by atoms with Gasteiger partial charge in [0.15, 0.2) is 0 Å². The van der Waals surface area contributed by atoms with Gasteiger partial charge in [0.1, 0.15) is 24.5 Å². The molecule has 84 valence electrons. The van der Waals surface area contributed by atoms with Crippen LogP contribution in [0.2, 0.25) is 0 Å². The van der Waals surface area contributed by atoms with E-state index in [9.17, 15) is 0 Å². The lowest BCUT2D eigenvalue weighted by molar-refractivity contribution is 0.277. The molecule has 0 radical (unpaired) electrons. The number of benzene rings is 1. The van der Waals surface area contributed by atoms with Gasteiger partial charge >= 0.3 is 0 Å². The Morgan fingerprint density at radius 1 is 0.882 bits per heavy atom. The number of fused-ring (bicyclic) bond motifs is 5. The number of hydrogen-bond donors (Lipinski definition) is 0. The molecule has 2 aliphatic heterocycles. The molecular formula is C14H10O3. The van der Waals surface area contributed by atoms with E-state index in [0.29, 0.717) is 19.2 Å². The maximum absolute atomic E-state index is 5.69. The van der Waals surface area contributed by atoms with E-state index in [1.54, 1.807) is 0 Å². The van der Waals surface area contributed by atoms with E-state index >= 15 is 0 Å². The van der Waals surface area contributed by atoms with E-state index in [2.05, 4.69) is 6.08 Å². The van der Waals surface area contributed by atoms with E-state index in [1.165, 1.54) is 0 Å². The van der Waals surface area contributed by atoms with Gasteiger partial charge in [0.05, 0.1) is 5.56 Å². The fraction of sp³-hybridized carbons (Fsp3) is 0.143. The van der Waals surface area contributed by atoms with Gasteiger partial charge in [-0.2, -0.15) is 0 Å². The van der Waals surface area contributed by atoms with Crippen molar-refractivity contribution >= 4 is 23.1 Å². The highest BCUT2D eigenvalue weighted by atomic mass is 16.6. The van der Waals surface area contributed by atoms with Crippen LogP contribution >= 0.6 is 0 Å². The molecule has 1 aromatic carbocycles. The van der Waals surface area contributed by atoms with E-state index in [0.717, 1.165) is 27.8 Å². The Morgan fingerprint density at radius 3 is 2.65 bits per heavy atom. The van der Waals surface area contributed by atoms with Crippen molar-refractivity contribution in [1.29, 1.82) is 0 Å². The summed E-state index contributed by atoms with van der Waals surface area (Å²) in [7, 11) is 0. The smallest absolute Gasteiger partial charge is 0.293 e. The molecule has 17 heavy (non-hydrogen) atoms. The maximum atomic E-state index is 5.69. The summed E-state index contributed by atoms with van der Waals surface area (Å²) in [5, 5.41) is 1.07. The van der Waals surface area contributed by atoms with Crippen LogP contribution in [-0.2, 0) is 0 Å². The monoisotopic (exact) mass is 226 g/mol. The fourth-order valence-corrected chi connectivity index (χ4v) is 2.34. The normalized spacial score (nSPS) is 16.2. The Kier molecular flexibility index (Phi) is 1.66. The van der Waals surface area contributed by atoms with Crippen molar-refractivity contribution in [2.75, 3.05) is 13.2 Å². The van der Waals surface area contributed by atoms with E-state index in [1.807, 2.05) is 30.4 Å². The van der Waals surface area contributed by atoms with Crippen LogP contribution in [0.3, 0.4) is 0 Å². The largest absolute Gasteiger partial charge is 0.489 e. The van der Waals surface area contributed by atoms with Crippen LogP contribution in [0.5, 0.6) is 11.7 Å². The topological polar surface area (TPSA) is 31.6 Å². The minimum absolute atomic E-state index is 0.571. The molecule has 1 aromatic heterocycles. The molecule has 0 fully saturated rings. The first kappa shape index (κ1) is 8.93. The quantitative estimate of drug-likeness (QED) is 0.691. The van der Waals surface area contributed by atoms with Gasteiger partial charge in [-0.3, -0.25) is 0 Å². The molecule has 0 aliphatic carbocycles. The van der Waals surface area contributed by atoms with Crippen LogP contribution < -0.4 is 9.47 Å². The van der Waals surface area contributed by atoms with Crippen molar-refractivity contribution in [3.63, 3.8) is 0 Å². The lowest BCUT2D eigenvalue weighted by atomic mass is 10.0. The highest BCUT2D eigenvalue weighted by Gasteiger charge is 2.21. The van der Waals surface area contributed by atoms with Crippen LogP contribution in [0.4, 0.5) is 0 Å². The van der Waals surface area contributed by atoms with Gasteiger partial charge in [0, 0.05) is 10.9 Å². The van der Waals surface area contributed by atoms with Gasteiger partial charge in [0.25, 0.3) is 5.95 Å². The Bertz CT molecular complexity index is 662. The molecule has 0 saturated heterocycles. The van der Waals surface area contributed by atoms with Crippen LogP contribution in [0.15, 0.2) is 28.7 Å². The molecule has 2 aliphatic rings. The standard InChI is InChI=1S/C14H10O3/c1-3-9-11(15-7-1)5-6-12-13(9)10-4-2-8-16-14(10)17-12/h1-6H,7-8H2. The summed E-state index contributed by atoms with van der Waals surface area (Å²) >= 11 is 0. The first-order valence-electron chi connectivity index (χ1n) is 5.62. The molecule has 4 rings (SSSR count). The Hall–Kier alpha value is -2.16. The van der Waals surface area contributed by atoms with E-state index < -0.39 is 0 Å². The second-order valence-electron chi connectivity index (χ2n) is 4.08. The first-order chi connectivity index (χ1) is 8.43. The van der Waals surface area contributed by atoms with Crippen LogP contribution in [0.25, 0.3) is 23.1 Å². The minimum Gasteiger partial charge on any atom is -0.489 e. The molecule has 3 heterocycles. The van der Waals surface area contributed by atoms with Crippen molar-refractivity contribution < 1.29 is 13.9 Å². The van der Waals surface area contributed by atoms with Gasteiger partial charge < -0.3 is 13.9 Å². The average Bonchev–Trinajstić information content (AvgIpc) is 2.77. The van der Waals surface area contributed by atoms with Crippen LogP contribution in [-0.4, -0.2) is 13.2 Å². The van der Waals surface area contributed by atoms with Crippen molar-refractivity contribution in [3.8, 4) is 11.7 Å². The molecule has 0 N–H and O–H groups in total. The second-order valence-corrected chi connectivity index (χ2v) is 4.08. The summed E-state index contributed by atoms with van der Waals surface area (Å²) in [5.41, 5.74) is 2.93. The molecule has 3 heteroatoms. The summed E-state index contributed by atoms with van der Waals surface area (Å²) < 4.78 is 16.8. The van der Waals surface area contributed by atoms with Gasteiger partial charge in [-0.15, -0.1) is 0 Å². The zero-order valence-electron chi connectivity index (χ0n) is 9.10. The maximum Gasteiger partial charge on any atom is 0.293 e. The lowest BCUT2D eigenvalue weighted by Crippen LogP contribution is -2.01. The number of ether oxygens (including phenoxy) is 2. The molecular weight excluding hydrogens is 216 g/mol. The van der Waals surface area contributed by atoms with Crippen molar-refractivity contribution in [2.45, 2.75) is 0 Å². The highest BCUT2D eigenvalue weighted by Crippen LogP contribution is 2.41. The molecule has 0 unspecified atom stereocenters. The Labute approximate surface area is 97.9 Å². The lowest BCUT2D eigenvalue weighted by Gasteiger charge is -2.13.